The van der Waals surface area contributed by atoms with Crippen LogP contribution in [0.5, 0.6) is 11.5 Å². The van der Waals surface area contributed by atoms with Gasteiger partial charge in [-0.25, -0.2) is 4.39 Å². The first-order valence-electron chi connectivity index (χ1n) is 9.69. The molecule has 1 unspecified atom stereocenters. The molecule has 0 amide bonds. The van der Waals surface area contributed by atoms with Crippen LogP contribution in [0.2, 0.25) is 0 Å². The normalized spacial score (nSPS) is 15.6. The number of hydrogen-bond acceptors (Lipinski definition) is 3. The SMILES string of the molecule is CCCc1cc(OCc2cc(F)cc3c2OC(C)(C)C3)ccc1C(C)C(=O)O. The predicted octanol–water partition coefficient (Wildman–Crippen LogP) is 5.26. The number of aryl methyl sites for hydroxylation is 1. The average Bonchev–Trinajstić information content (AvgIpc) is 2.93. The predicted molar refractivity (Wildman–Crippen MR) is 106 cm³/mol. The molecule has 150 valence electrons. The van der Waals surface area contributed by atoms with Crippen molar-refractivity contribution in [2.24, 2.45) is 0 Å². The molecule has 1 aliphatic rings. The quantitative estimate of drug-likeness (QED) is 0.705. The number of carbonyl (C=O) groups is 1. The van der Waals surface area contributed by atoms with Gasteiger partial charge in [-0.15, -0.1) is 0 Å². The van der Waals surface area contributed by atoms with Crippen LogP contribution in [0.4, 0.5) is 4.39 Å². The van der Waals surface area contributed by atoms with Crippen molar-refractivity contribution in [1.29, 1.82) is 0 Å². The van der Waals surface area contributed by atoms with Gasteiger partial charge in [0.15, 0.2) is 0 Å². The van der Waals surface area contributed by atoms with Crippen LogP contribution in [-0.4, -0.2) is 16.7 Å². The van der Waals surface area contributed by atoms with Gasteiger partial charge < -0.3 is 14.6 Å². The summed E-state index contributed by atoms with van der Waals surface area (Å²) in [5, 5.41) is 9.33. The standard InChI is InChI=1S/C23H27FO4/c1-5-6-15-11-19(7-8-20(15)14(2)22(25)26)27-13-17-10-18(24)9-16-12-23(3,4)28-21(16)17/h7-11,14H,5-6,12-13H2,1-4H3,(H,25,26). The zero-order valence-corrected chi connectivity index (χ0v) is 16.8. The van der Waals surface area contributed by atoms with Crippen LogP contribution in [0, 0.1) is 5.82 Å². The number of rotatable bonds is 7. The third-order valence-electron chi connectivity index (χ3n) is 5.07. The average molecular weight is 386 g/mol. The first-order chi connectivity index (χ1) is 13.2. The minimum Gasteiger partial charge on any atom is -0.489 e. The molecule has 0 fully saturated rings. The molecule has 1 N–H and O–H groups in total. The summed E-state index contributed by atoms with van der Waals surface area (Å²) in [6.45, 7) is 7.89. The number of fused-ring (bicyclic) bond motifs is 1. The largest absolute Gasteiger partial charge is 0.489 e. The Balaban J connectivity index is 1.82. The summed E-state index contributed by atoms with van der Waals surface area (Å²) in [6.07, 6.45) is 2.34. The molecule has 2 aromatic carbocycles. The van der Waals surface area contributed by atoms with E-state index in [1.807, 2.05) is 26.0 Å². The number of carboxylic acids is 1. The third-order valence-corrected chi connectivity index (χ3v) is 5.07. The summed E-state index contributed by atoms with van der Waals surface area (Å²) >= 11 is 0. The topological polar surface area (TPSA) is 55.8 Å². The van der Waals surface area contributed by atoms with Gasteiger partial charge in [0.2, 0.25) is 0 Å². The van der Waals surface area contributed by atoms with Gasteiger partial charge in [-0.05, 0) is 62.6 Å². The van der Waals surface area contributed by atoms with Crippen LogP contribution >= 0.6 is 0 Å². The van der Waals surface area contributed by atoms with Gasteiger partial charge >= 0.3 is 5.97 Å². The molecule has 0 radical (unpaired) electrons. The molecule has 1 atom stereocenters. The Hall–Kier alpha value is -2.56. The Labute approximate surface area is 165 Å². The molecule has 1 aliphatic heterocycles. The van der Waals surface area contributed by atoms with Crippen molar-refractivity contribution >= 4 is 5.97 Å². The maximum atomic E-state index is 14.0. The number of halogens is 1. The van der Waals surface area contributed by atoms with Crippen molar-refractivity contribution in [1.82, 2.24) is 0 Å². The molecule has 0 saturated heterocycles. The van der Waals surface area contributed by atoms with Gasteiger partial charge in [0.25, 0.3) is 0 Å². The van der Waals surface area contributed by atoms with E-state index < -0.39 is 11.9 Å². The number of hydrogen-bond donors (Lipinski definition) is 1. The Morgan fingerprint density at radius 3 is 2.71 bits per heavy atom. The summed E-state index contributed by atoms with van der Waals surface area (Å²) in [5.74, 6) is -0.369. The van der Waals surface area contributed by atoms with Gasteiger partial charge in [0.1, 0.15) is 29.5 Å². The summed E-state index contributed by atoms with van der Waals surface area (Å²) in [4.78, 5) is 11.4. The summed E-state index contributed by atoms with van der Waals surface area (Å²) in [6, 6.07) is 8.46. The Kier molecular flexibility index (Phi) is 5.64. The molecule has 5 heteroatoms. The summed E-state index contributed by atoms with van der Waals surface area (Å²) in [5.41, 5.74) is 2.96. The fraction of sp³-hybridized carbons (Fsp3) is 0.435. The van der Waals surface area contributed by atoms with E-state index in [9.17, 15) is 14.3 Å². The number of aliphatic carboxylic acids is 1. The van der Waals surface area contributed by atoms with Crippen molar-refractivity contribution in [3.8, 4) is 11.5 Å². The van der Waals surface area contributed by atoms with Crippen molar-refractivity contribution in [3.05, 3.63) is 58.4 Å². The number of carboxylic acid groups (broad SMARTS) is 1. The Bertz CT molecular complexity index is 888. The van der Waals surface area contributed by atoms with Crippen LogP contribution in [0.3, 0.4) is 0 Å². The molecule has 3 rings (SSSR count). The highest BCUT2D eigenvalue weighted by molar-refractivity contribution is 5.76. The van der Waals surface area contributed by atoms with Crippen LogP contribution < -0.4 is 9.47 Å². The second-order valence-corrected chi connectivity index (χ2v) is 8.05. The lowest BCUT2D eigenvalue weighted by atomic mass is 9.93. The van der Waals surface area contributed by atoms with E-state index in [1.54, 1.807) is 13.0 Å². The van der Waals surface area contributed by atoms with Crippen LogP contribution in [-0.2, 0) is 24.2 Å². The van der Waals surface area contributed by atoms with E-state index >= 15 is 0 Å². The highest BCUT2D eigenvalue weighted by Crippen LogP contribution is 2.39. The minimum atomic E-state index is -0.846. The number of benzene rings is 2. The highest BCUT2D eigenvalue weighted by atomic mass is 19.1. The number of ether oxygens (including phenoxy) is 2. The molecule has 0 aromatic heterocycles. The molecular formula is C23H27FO4. The van der Waals surface area contributed by atoms with E-state index in [-0.39, 0.29) is 18.0 Å². The van der Waals surface area contributed by atoms with Crippen molar-refractivity contribution in [2.45, 2.75) is 65.1 Å². The maximum absolute atomic E-state index is 14.0. The molecule has 28 heavy (non-hydrogen) atoms. The fourth-order valence-electron chi connectivity index (χ4n) is 3.73. The molecule has 0 saturated carbocycles. The molecular weight excluding hydrogens is 359 g/mol. The van der Waals surface area contributed by atoms with Crippen molar-refractivity contribution in [3.63, 3.8) is 0 Å². The van der Waals surface area contributed by atoms with E-state index in [1.165, 1.54) is 12.1 Å². The Morgan fingerprint density at radius 2 is 2.04 bits per heavy atom. The second kappa shape index (κ2) is 7.82. The monoisotopic (exact) mass is 386 g/mol. The minimum absolute atomic E-state index is 0.190. The van der Waals surface area contributed by atoms with Gasteiger partial charge in [-0.2, -0.15) is 0 Å². The lowest BCUT2D eigenvalue weighted by Crippen LogP contribution is -2.25. The van der Waals surface area contributed by atoms with Crippen LogP contribution in [0.1, 0.15) is 62.3 Å². The van der Waals surface area contributed by atoms with Crippen molar-refractivity contribution < 1.29 is 23.8 Å². The third kappa shape index (κ3) is 4.29. The van der Waals surface area contributed by atoms with Crippen LogP contribution in [0.25, 0.3) is 0 Å². The van der Waals surface area contributed by atoms with Gasteiger partial charge in [0, 0.05) is 17.5 Å². The molecule has 0 spiro atoms. The van der Waals surface area contributed by atoms with Gasteiger partial charge in [-0.1, -0.05) is 19.4 Å². The molecule has 0 bridgehead atoms. The molecule has 2 aromatic rings. The molecule has 1 heterocycles. The first-order valence-corrected chi connectivity index (χ1v) is 9.69. The highest BCUT2D eigenvalue weighted by Gasteiger charge is 2.32. The molecule has 0 aliphatic carbocycles. The Morgan fingerprint density at radius 1 is 1.29 bits per heavy atom. The zero-order chi connectivity index (χ0) is 20.5. The maximum Gasteiger partial charge on any atom is 0.310 e. The summed E-state index contributed by atoms with van der Waals surface area (Å²) in [7, 11) is 0. The van der Waals surface area contributed by atoms with Gasteiger partial charge in [0.05, 0.1) is 5.92 Å². The van der Waals surface area contributed by atoms with Gasteiger partial charge in [-0.3, -0.25) is 4.79 Å². The van der Waals surface area contributed by atoms with E-state index in [0.717, 1.165) is 29.5 Å². The van der Waals surface area contributed by atoms with Crippen molar-refractivity contribution in [2.75, 3.05) is 0 Å². The van der Waals surface area contributed by atoms with E-state index in [4.69, 9.17) is 9.47 Å². The lowest BCUT2D eigenvalue weighted by Gasteiger charge is -2.19. The van der Waals surface area contributed by atoms with Crippen LogP contribution in [0.15, 0.2) is 30.3 Å². The lowest BCUT2D eigenvalue weighted by molar-refractivity contribution is -0.138. The first kappa shape index (κ1) is 20.2. The van der Waals surface area contributed by atoms with E-state index in [0.29, 0.717) is 23.5 Å². The smallest absolute Gasteiger partial charge is 0.310 e. The fourth-order valence-corrected chi connectivity index (χ4v) is 3.73. The molecule has 4 nitrogen and oxygen atoms in total. The zero-order valence-electron chi connectivity index (χ0n) is 16.8. The summed E-state index contributed by atoms with van der Waals surface area (Å²) < 4.78 is 25.9. The second-order valence-electron chi connectivity index (χ2n) is 8.05. The van der Waals surface area contributed by atoms with E-state index in [2.05, 4.69) is 6.92 Å².